The largest absolute Gasteiger partial charge is 0.359 e. The van der Waals surface area contributed by atoms with E-state index in [1.807, 2.05) is 30.1 Å². The lowest BCUT2D eigenvalue weighted by Gasteiger charge is -2.34. The molecule has 1 aliphatic rings. The Bertz CT molecular complexity index is 665. The molecule has 0 N–H and O–H groups in total. The zero-order chi connectivity index (χ0) is 15.5. The van der Waals surface area contributed by atoms with Gasteiger partial charge in [-0.1, -0.05) is 41.4 Å². The fourth-order valence-electron chi connectivity index (χ4n) is 2.82. The summed E-state index contributed by atoms with van der Waals surface area (Å²) in [5.74, 6) is 0.604. The summed E-state index contributed by atoms with van der Waals surface area (Å²) in [5.41, 5.74) is 2.03. The molecule has 2 aromatic rings. The molecule has 1 amide bonds. The standard InChI is InChI=1S/C16H18ClN3O2/c1-12-16(20(11-21)19-9-5-2-6-10-19)15(18-22-12)13-7-3-4-8-14(13)17/h3-4,7-8,11H,2,5-6,9-10H2,1H3. The Balaban J connectivity index is 2.04. The Morgan fingerprint density at radius 3 is 2.68 bits per heavy atom. The maximum Gasteiger partial charge on any atom is 0.228 e. The van der Waals surface area contributed by atoms with Gasteiger partial charge in [0.2, 0.25) is 6.41 Å². The van der Waals surface area contributed by atoms with Crippen LogP contribution in [0, 0.1) is 6.92 Å². The summed E-state index contributed by atoms with van der Waals surface area (Å²) >= 11 is 6.27. The van der Waals surface area contributed by atoms with Gasteiger partial charge in [0.05, 0.1) is 5.02 Å². The van der Waals surface area contributed by atoms with Crippen molar-refractivity contribution in [3.8, 4) is 11.3 Å². The van der Waals surface area contributed by atoms with Crippen LogP contribution >= 0.6 is 11.6 Å². The zero-order valence-corrected chi connectivity index (χ0v) is 13.2. The average molecular weight is 320 g/mol. The van der Waals surface area contributed by atoms with Crippen LogP contribution in [0.3, 0.4) is 0 Å². The van der Waals surface area contributed by atoms with Crippen molar-refractivity contribution in [2.45, 2.75) is 26.2 Å². The molecule has 0 radical (unpaired) electrons. The fraction of sp³-hybridized carbons (Fsp3) is 0.375. The lowest BCUT2D eigenvalue weighted by atomic mass is 10.1. The minimum Gasteiger partial charge on any atom is -0.359 e. The number of carbonyl (C=O) groups excluding carboxylic acids is 1. The Labute approximate surface area is 134 Å². The van der Waals surface area contributed by atoms with Crippen molar-refractivity contribution >= 4 is 23.7 Å². The van der Waals surface area contributed by atoms with Crippen LogP contribution in [-0.2, 0) is 4.79 Å². The Morgan fingerprint density at radius 1 is 1.27 bits per heavy atom. The topological polar surface area (TPSA) is 49.6 Å². The number of rotatable bonds is 4. The van der Waals surface area contributed by atoms with E-state index < -0.39 is 0 Å². The normalized spacial score (nSPS) is 15.7. The smallest absolute Gasteiger partial charge is 0.228 e. The highest BCUT2D eigenvalue weighted by Gasteiger charge is 2.27. The molecule has 0 atom stereocenters. The summed E-state index contributed by atoms with van der Waals surface area (Å²) in [7, 11) is 0. The lowest BCUT2D eigenvalue weighted by Crippen LogP contribution is -2.45. The molecule has 116 valence electrons. The number of anilines is 1. The van der Waals surface area contributed by atoms with Crippen molar-refractivity contribution in [2.75, 3.05) is 18.1 Å². The SMILES string of the molecule is Cc1onc(-c2ccccc2Cl)c1N(C=O)N1CCCCC1. The third-order valence-electron chi connectivity index (χ3n) is 3.93. The number of hydrogen-bond donors (Lipinski definition) is 0. The fourth-order valence-corrected chi connectivity index (χ4v) is 3.05. The van der Waals surface area contributed by atoms with E-state index in [9.17, 15) is 4.79 Å². The van der Waals surface area contributed by atoms with Gasteiger partial charge in [-0.2, -0.15) is 0 Å². The van der Waals surface area contributed by atoms with Gasteiger partial charge in [0, 0.05) is 18.7 Å². The summed E-state index contributed by atoms with van der Waals surface area (Å²) in [6.45, 7) is 3.51. The first-order valence-electron chi connectivity index (χ1n) is 7.43. The number of hydrogen-bond acceptors (Lipinski definition) is 4. The summed E-state index contributed by atoms with van der Waals surface area (Å²) in [4.78, 5) is 11.7. The highest BCUT2D eigenvalue weighted by molar-refractivity contribution is 6.33. The summed E-state index contributed by atoms with van der Waals surface area (Å²) in [6, 6.07) is 7.43. The number of hydrazine groups is 1. The Hall–Kier alpha value is -1.85. The number of carbonyl (C=O) groups is 1. The van der Waals surface area contributed by atoms with Gasteiger partial charge in [-0.3, -0.25) is 4.79 Å². The van der Waals surface area contributed by atoms with Crippen molar-refractivity contribution in [1.82, 2.24) is 10.2 Å². The van der Waals surface area contributed by atoms with Gasteiger partial charge >= 0.3 is 0 Å². The van der Waals surface area contributed by atoms with Crippen molar-refractivity contribution in [1.29, 1.82) is 0 Å². The van der Waals surface area contributed by atoms with Gasteiger partial charge in [0.25, 0.3) is 0 Å². The number of aromatic nitrogens is 1. The summed E-state index contributed by atoms with van der Waals surface area (Å²) in [5, 5.41) is 8.36. The predicted molar refractivity (Wildman–Crippen MR) is 85.7 cm³/mol. The molecule has 0 spiro atoms. The number of aryl methyl sites for hydroxylation is 1. The second-order valence-corrected chi connectivity index (χ2v) is 5.79. The molecule has 2 heterocycles. The predicted octanol–water partition coefficient (Wildman–Crippen LogP) is 3.67. The maximum absolute atomic E-state index is 11.7. The third kappa shape index (κ3) is 2.74. The highest BCUT2D eigenvalue weighted by Crippen LogP contribution is 2.37. The van der Waals surface area contributed by atoms with E-state index in [1.54, 1.807) is 11.1 Å². The van der Waals surface area contributed by atoms with Gasteiger partial charge in [-0.15, -0.1) is 0 Å². The van der Waals surface area contributed by atoms with Crippen molar-refractivity contribution in [2.24, 2.45) is 0 Å². The van der Waals surface area contributed by atoms with Crippen LogP contribution in [0.15, 0.2) is 28.8 Å². The molecule has 3 rings (SSSR count). The Kier molecular flexibility index (Phi) is 4.45. The zero-order valence-electron chi connectivity index (χ0n) is 12.5. The molecule has 0 bridgehead atoms. The Morgan fingerprint density at radius 2 is 2.00 bits per heavy atom. The van der Waals surface area contributed by atoms with Crippen LogP contribution in [0.2, 0.25) is 5.02 Å². The first kappa shape index (κ1) is 15.1. The van der Waals surface area contributed by atoms with E-state index >= 15 is 0 Å². The molecule has 1 aromatic carbocycles. The van der Waals surface area contributed by atoms with E-state index in [-0.39, 0.29) is 0 Å². The van der Waals surface area contributed by atoms with E-state index in [2.05, 4.69) is 5.16 Å². The molecular formula is C16H18ClN3O2. The van der Waals surface area contributed by atoms with Gasteiger partial charge in [-0.25, -0.2) is 10.0 Å². The minimum absolute atomic E-state index is 0.585. The second kappa shape index (κ2) is 6.50. The van der Waals surface area contributed by atoms with Crippen LogP contribution in [-0.4, -0.2) is 29.7 Å². The van der Waals surface area contributed by atoms with Gasteiger partial charge in [0.15, 0.2) is 5.76 Å². The van der Waals surface area contributed by atoms with Crippen molar-refractivity contribution in [3.05, 3.63) is 35.0 Å². The second-order valence-electron chi connectivity index (χ2n) is 5.38. The minimum atomic E-state index is 0.585. The quantitative estimate of drug-likeness (QED) is 0.807. The first-order chi connectivity index (χ1) is 10.7. The first-order valence-corrected chi connectivity index (χ1v) is 7.80. The molecule has 0 unspecified atom stereocenters. The molecule has 6 heteroatoms. The van der Waals surface area contributed by atoms with Crippen molar-refractivity contribution < 1.29 is 9.32 Å². The van der Waals surface area contributed by atoms with Gasteiger partial charge < -0.3 is 4.52 Å². The molecular weight excluding hydrogens is 302 g/mol. The number of nitrogens with zero attached hydrogens (tertiary/aromatic N) is 3. The van der Waals surface area contributed by atoms with E-state index in [0.29, 0.717) is 22.2 Å². The number of halogens is 1. The average Bonchev–Trinajstić information content (AvgIpc) is 2.92. The molecule has 1 saturated heterocycles. The maximum atomic E-state index is 11.7. The van der Waals surface area contributed by atoms with Crippen LogP contribution < -0.4 is 5.01 Å². The van der Waals surface area contributed by atoms with Gasteiger partial charge in [0.1, 0.15) is 11.4 Å². The van der Waals surface area contributed by atoms with E-state index in [0.717, 1.165) is 37.9 Å². The molecule has 0 aliphatic carbocycles. The third-order valence-corrected chi connectivity index (χ3v) is 4.26. The lowest BCUT2D eigenvalue weighted by molar-refractivity contribution is -0.110. The van der Waals surface area contributed by atoms with E-state index in [1.165, 1.54) is 6.42 Å². The molecule has 22 heavy (non-hydrogen) atoms. The molecule has 1 aliphatic heterocycles. The van der Waals surface area contributed by atoms with E-state index in [4.69, 9.17) is 16.1 Å². The molecule has 0 saturated carbocycles. The van der Waals surface area contributed by atoms with Crippen LogP contribution in [0.1, 0.15) is 25.0 Å². The monoisotopic (exact) mass is 319 g/mol. The van der Waals surface area contributed by atoms with Crippen molar-refractivity contribution in [3.63, 3.8) is 0 Å². The molecule has 1 fully saturated rings. The van der Waals surface area contributed by atoms with Crippen LogP contribution in [0.4, 0.5) is 5.69 Å². The number of benzene rings is 1. The molecule has 5 nitrogen and oxygen atoms in total. The summed E-state index contributed by atoms with van der Waals surface area (Å²) < 4.78 is 5.34. The number of piperidine rings is 1. The summed E-state index contributed by atoms with van der Waals surface area (Å²) in [6.07, 6.45) is 4.18. The number of amides is 1. The van der Waals surface area contributed by atoms with Crippen LogP contribution in [0.5, 0.6) is 0 Å². The van der Waals surface area contributed by atoms with Crippen LogP contribution in [0.25, 0.3) is 11.3 Å². The highest BCUT2D eigenvalue weighted by atomic mass is 35.5. The molecule has 1 aromatic heterocycles. The van der Waals surface area contributed by atoms with Gasteiger partial charge in [-0.05, 0) is 25.8 Å².